The van der Waals surface area contributed by atoms with Crippen molar-refractivity contribution in [2.45, 2.75) is 6.92 Å². The number of aliphatic imine (C=N–C) groups is 1. The summed E-state index contributed by atoms with van der Waals surface area (Å²) in [6.07, 6.45) is 1.74. The number of rotatable bonds is 1. The molecular weight excluding hydrogens is 286 g/mol. The molecule has 22 heavy (non-hydrogen) atoms. The van der Waals surface area contributed by atoms with Gasteiger partial charge in [-0.05, 0) is 19.1 Å². The molecule has 122 valence electrons. The van der Waals surface area contributed by atoms with Crippen molar-refractivity contribution in [2.24, 2.45) is 4.99 Å². The van der Waals surface area contributed by atoms with Crippen LogP contribution in [0, 0.1) is 0 Å². The minimum absolute atomic E-state index is 0.451. The summed E-state index contributed by atoms with van der Waals surface area (Å²) in [6.45, 7) is 6.02. The molecule has 0 amide bonds. The van der Waals surface area contributed by atoms with E-state index in [4.69, 9.17) is 23.7 Å². The fraction of sp³-hybridized carbons (Fsp3) is 0.562. The van der Waals surface area contributed by atoms with Gasteiger partial charge < -0.3 is 23.7 Å². The highest BCUT2D eigenvalue weighted by atomic mass is 16.6. The van der Waals surface area contributed by atoms with E-state index < -0.39 is 0 Å². The molecule has 1 aromatic carbocycles. The number of hydrogen-bond acceptors (Lipinski definition) is 6. The molecule has 0 spiro atoms. The largest absolute Gasteiger partial charge is 0.487 e. The monoisotopic (exact) mass is 309 g/mol. The zero-order valence-electron chi connectivity index (χ0n) is 13.0. The second kappa shape index (κ2) is 10.2. The predicted octanol–water partition coefficient (Wildman–Crippen LogP) is 2.23. The Morgan fingerprint density at radius 3 is 1.91 bits per heavy atom. The zero-order chi connectivity index (χ0) is 15.5. The van der Waals surface area contributed by atoms with Gasteiger partial charge >= 0.3 is 0 Å². The predicted molar refractivity (Wildman–Crippen MR) is 83.7 cm³/mol. The molecule has 1 heterocycles. The van der Waals surface area contributed by atoms with Crippen LogP contribution in [0.4, 0.5) is 5.69 Å². The van der Waals surface area contributed by atoms with Crippen molar-refractivity contribution in [1.82, 2.24) is 0 Å². The summed E-state index contributed by atoms with van der Waals surface area (Å²) in [5, 5.41) is 0. The van der Waals surface area contributed by atoms with Gasteiger partial charge in [-0.2, -0.15) is 0 Å². The van der Waals surface area contributed by atoms with Gasteiger partial charge in [-0.3, -0.25) is 4.99 Å². The van der Waals surface area contributed by atoms with E-state index in [1.807, 2.05) is 25.1 Å². The first-order chi connectivity index (χ1) is 10.9. The standard InChI is InChI=1S/C16H23NO5/c1-2-17-14-3-4-15-16(13-14)22-12-10-20-8-6-18-5-7-19-9-11-21-15/h2-4,13H,5-12H2,1H3. The first-order valence-electron chi connectivity index (χ1n) is 7.51. The van der Waals surface area contributed by atoms with Crippen LogP contribution in [-0.4, -0.2) is 59.1 Å². The first kappa shape index (κ1) is 16.7. The second-order valence-corrected chi connectivity index (χ2v) is 4.55. The zero-order valence-corrected chi connectivity index (χ0v) is 13.0. The molecule has 2 rings (SSSR count). The third kappa shape index (κ3) is 6.01. The van der Waals surface area contributed by atoms with Crippen LogP contribution in [0.2, 0.25) is 0 Å². The van der Waals surface area contributed by atoms with Crippen molar-refractivity contribution in [2.75, 3.05) is 52.9 Å². The highest BCUT2D eigenvalue weighted by Crippen LogP contribution is 2.31. The molecule has 6 nitrogen and oxygen atoms in total. The summed E-state index contributed by atoms with van der Waals surface area (Å²) in [5.74, 6) is 1.35. The Morgan fingerprint density at radius 2 is 1.32 bits per heavy atom. The Morgan fingerprint density at radius 1 is 0.773 bits per heavy atom. The number of benzene rings is 1. The Hall–Kier alpha value is -1.63. The summed E-state index contributed by atoms with van der Waals surface area (Å²) in [7, 11) is 0. The maximum Gasteiger partial charge on any atom is 0.163 e. The quantitative estimate of drug-likeness (QED) is 0.745. The van der Waals surface area contributed by atoms with Gasteiger partial charge in [0.2, 0.25) is 0 Å². The lowest BCUT2D eigenvalue weighted by atomic mass is 10.3. The van der Waals surface area contributed by atoms with Gasteiger partial charge in [0, 0.05) is 12.3 Å². The Bertz CT molecular complexity index is 464. The molecule has 0 unspecified atom stereocenters. The van der Waals surface area contributed by atoms with Crippen LogP contribution in [0.3, 0.4) is 0 Å². The first-order valence-corrected chi connectivity index (χ1v) is 7.51. The summed E-state index contributed by atoms with van der Waals surface area (Å²) in [5.41, 5.74) is 0.827. The third-order valence-corrected chi connectivity index (χ3v) is 2.92. The van der Waals surface area contributed by atoms with Crippen LogP contribution in [0.25, 0.3) is 0 Å². The highest BCUT2D eigenvalue weighted by Gasteiger charge is 2.07. The third-order valence-electron chi connectivity index (χ3n) is 2.92. The average Bonchev–Trinajstić information content (AvgIpc) is 2.54. The highest BCUT2D eigenvalue weighted by molar-refractivity contribution is 5.62. The van der Waals surface area contributed by atoms with Crippen molar-refractivity contribution in [3.63, 3.8) is 0 Å². The van der Waals surface area contributed by atoms with E-state index >= 15 is 0 Å². The molecular formula is C16H23NO5. The van der Waals surface area contributed by atoms with Gasteiger partial charge in [-0.25, -0.2) is 0 Å². The SMILES string of the molecule is CC=Nc1ccc2c(c1)OCCOCCOCCOCCO2. The number of nitrogens with zero attached hydrogens (tertiary/aromatic N) is 1. The van der Waals surface area contributed by atoms with Crippen LogP contribution in [0.5, 0.6) is 11.5 Å². The molecule has 0 aliphatic carbocycles. The van der Waals surface area contributed by atoms with Gasteiger partial charge in [0.15, 0.2) is 11.5 Å². The number of fused-ring (bicyclic) bond motifs is 1. The van der Waals surface area contributed by atoms with Crippen LogP contribution in [-0.2, 0) is 14.2 Å². The van der Waals surface area contributed by atoms with E-state index in [1.54, 1.807) is 6.21 Å². The van der Waals surface area contributed by atoms with Gasteiger partial charge in [0.1, 0.15) is 13.2 Å². The summed E-state index contributed by atoms with van der Waals surface area (Å²) < 4.78 is 27.7. The molecule has 1 aliphatic heterocycles. The smallest absolute Gasteiger partial charge is 0.163 e. The molecule has 0 saturated carbocycles. The van der Waals surface area contributed by atoms with Crippen molar-refractivity contribution >= 4 is 11.9 Å². The van der Waals surface area contributed by atoms with E-state index in [1.165, 1.54) is 0 Å². The lowest BCUT2D eigenvalue weighted by molar-refractivity contribution is 0.00708. The van der Waals surface area contributed by atoms with E-state index in [0.717, 1.165) is 5.69 Å². The molecule has 1 aromatic rings. The molecule has 0 aromatic heterocycles. The molecule has 0 saturated heterocycles. The summed E-state index contributed by atoms with van der Waals surface area (Å²) in [6, 6.07) is 5.61. The van der Waals surface area contributed by atoms with Crippen LogP contribution < -0.4 is 9.47 Å². The second-order valence-electron chi connectivity index (χ2n) is 4.55. The Kier molecular flexibility index (Phi) is 7.73. The minimum Gasteiger partial charge on any atom is -0.487 e. The van der Waals surface area contributed by atoms with E-state index in [0.29, 0.717) is 64.4 Å². The topological polar surface area (TPSA) is 58.5 Å². The number of ether oxygens (including phenoxy) is 5. The fourth-order valence-corrected chi connectivity index (χ4v) is 1.92. The molecule has 6 heteroatoms. The van der Waals surface area contributed by atoms with E-state index in [-0.39, 0.29) is 0 Å². The van der Waals surface area contributed by atoms with Crippen molar-refractivity contribution in [3.05, 3.63) is 18.2 Å². The Labute approximate surface area is 131 Å². The molecule has 0 fully saturated rings. The van der Waals surface area contributed by atoms with Crippen LogP contribution in [0.15, 0.2) is 23.2 Å². The van der Waals surface area contributed by atoms with Crippen molar-refractivity contribution < 1.29 is 23.7 Å². The molecule has 0 radical (unpaired) electrons. The van der Waals surface area contributed by atoms with Crippen molar-refractivity contribution in [1.29, 1.82) is 0 Å². The lowest BCUT2D eigenvalue weighted by Gasteiger charge is -2.13. The summed E-state index contributed by atoms with van der Waals surface area (Å²) >= 11 is 0. The van der Waals surface area contributed by atoms with Gasteiger partial charge in [-0.1, -0.05) is 0 Å². The van der Waals surface area contributed by atoms with E-state index in [2.05, 4.69) is 4.99 Å². The van der Waals surface area contributed by atoms with Crippen LogP contribution >= 0.6 is 0 Å². The number of hydrogen-bond donors (Lipinski definition) is 0. The minimum atomic E-state index is 0.451. The van der Waals surface area contributed by atoms with E-state index in [9.17, 15) is 0 Å². The maximum atomic E-state index is 5.75. The summed E-state index contributed by atoms with van der Waals surface area (Å²) in [4.78, 5) is 4.25. The fourth-order valence-electron chi connectivity index (χ4n) is 1.92. The van der Waals surface area contributed by atoms with Crippen LogP contribution in [0.1, 0.15) is 6.92 Å². The molecule has 0 N–H and O–H groups in total. The normalized spacial score (nSPS) is 18.6. The average molecular weight is 309 g/mol. The van der Waals surface area contributed by atoms with Crippen molar-refractivity contribution in [3.8, 4) is 11.5 Å². The molecule has 0 atom stereocenters. The van der Waals surface area contributed by atoms with Gasteiger partial charge in [0.25, 0.3) is 0 Å². The molecule has 0 bridgehead atoms. The Balaban J connectivity index is 2.00. The lowest BCUT2D eigenvalue weighted by Crippen LogP contribution is -2.13. The maximum absolute atomic E-state index is 5.75. The van der Waals surface area contributed by atoms with Gasteiger partial charge in [-0.15, -0.1) is 0 Å². The molecule has 1 aliphatic rings. The van der Waals surface area contributed by atoms with Gasteiger partial charge in [0.05, 0.1) is 45.3 Å².